The van der Waals surface area contributed by atoms with Gasteiger partial charge < -0.3 is 10.6 Å². The number of hydrogen-bond acceptors (Lipinski definition) is 3. The smallest absolute Gasteiger partial charge is 0.252 e. The van der Waals surface area contributed by atoms with Crippen LogP contribution in [-0.4, -0.2) is 18.4 Å². The molecule has 1 aromatic carbocycles. The van der Waals surface area contributed by atoms with Crippen LogP contribution >= 0.6 is 11.3 Å². The summed E-state index contributed by atoms with van der Waals surface area (Å²) < 4.78 is 13.1. The Morgan fingerprint density at radius 3 is 2.74 bits per heavy atom. The number of benzene rings is 1. The average molecular weight is 334 g/mol. The van der Waals surface area contributed by atoms with E-state index in [2.05, 4.69) is 10.6 Å². The molecule has 0 spiro atoms. The van der Waals surface area contributed by atoms with E-state index >= 15 is 0 Å². The van der Waals surface area contributed by atoms with Crippen molar-refractivity contribution in [2.24, 2.45) is 0 Å². The third-order valence-electron chi connectivity index (χ3n) is 3.36. The van der Waals surface area contributed by atoms with E-state index < -0.39 is 0 Å². The van der Waals surface area contributed by atoms with Crippen molar-refractivity contribution in [3.63, 3.8) is 0 Å². The molecule has 0 aliphatic heterocycles. The molecule has 2 amide bonds. The number of carbonyl (C=O) groups is 2. The second kappa shape index (κ2) is 8.43. The molecule has 4 nitrogen and oxygen atoms in total. The van der Waals surface area contributed by atoms with Crippen molar-refractivity contribution < 1.29 is 14.0 Å². The lowest BCUT2D eigenvalue weighted by atomic mass is 10.1. The molecule has 2 aromatic rings. The lowest BCUT2D eigenvalue weighted by molar-refractivity contribution is -0.121. The van der Waals surface area contributed by atoms with Crippen LogP contribution in [0.15, 0.2) is 35.0 Å². The summed E-state index contributed by atoms with van der Waals surface area (Å²) >= 11 is 1.47. The molecule has 0 saturated carbocycles. The van der Waals surface area contributed by atoms with Gasteiger partial charge >= 0.3 is 0 Å². The molecule has 0 fully saturated rings. The molecule has 0 aliphatic carbocycles. The molecule has 0 saturated heterocycles. The first-order valence-electron chi connectivity index (χ1n) is 7.38. The maximum Gasteiger partial charge on any atom is 0.252 e. The summed E-state index contributed by atoms with van der Waals surface area (Å²) in [7, 11) is 0. The summed E-state index contributed by atoms with van der Waals surface area (Å²) in [6, 6.07) is 6.54. The second-order valence-corrected chi connectivity index (χ2v) is 6.01. The molecule has 2 rings (SSSR count). The third kappa shape index (κ3) is 5.49. The average Bonchev–Trinajstić information content (AvgIpc) is 3.07. The Balaban J connectivity index is 1.63. The largest absolute Gasteiger partial charge is 0.352 e. The van der Waals surface area contributed by atoms with Crippen LogP contribution < -0.4 is 10.6 Å². The van der Waals surface area contributed by atoms with E-state index in [0.717, 1.165) is 5.56 Å². The highest BCUT2D eigenvalue weighted by Gasteiger charge is 2.06. The lowest BCUT2D eigenvalue weighted by Crippen LogP contribution is -2.27. The Hall–Kier alpha value is -2.21. The SMILES string of the molecule is Cc1cc(CNC(=O)CCCNC(=O)c2ccsc2)ccc1F. The van der Waals surface area contributed by atoms with Crippen molar-refractivity contribution >= 4 is 23.2 Å². The maximum absolute atomic E-state index is 13.1. The van der Waals surface area contributed by atoms with Gasteiger partial charge in [-0.15, -0.1) is 0 Å². The van der Waals surface area contributed by atoms with Crippen LogP contribution in [0.1, 0.15) is 34.3 Å². The molecule has 0 aliphatic rings. The molecule has 0 radical (unpaired) electrons. The first-order chi connectivity index (χ1) is 11.1. The van der Waals surface area contributed by atoms with Crippen LogP contribution in [-0.2, 0) is 11.3 Å². The third-order valence-corrected chi connectivity index (χ3v) is 4.04. The zero-order valence-electron chi connectivity index (χ0n) is 12.9. The minimum Gasteiger partial charge on any atom is -0.352 e. The van der Waals surface area contributed by atoms with Gasteiger partial charge in [0.1, 0.15) is 5.82 Å². The predicted octanol–water partition coefficient (Wildman–Crippen LogP) is 3.02. The van der Waals surface area contributed by atoms with Gasteiger partial charge in [-0.2, -0.15) is 11.3 Å². The molecular weight excluding hydrogens is 315 g/mol. The van der Waals surface area contributed by atoms with Crippen LogP contribution in [0.5, 0.6) is 0 Å². The summed E-state index contributed by atoms with van der Waals surface area (Å²) in [5.41, 5.74) is 2.07. The standard InChI is InChI=1S/C17H19FN2O2S/c1-12-9-13(4-5-15(12)18)10-20-16(21)3-2-7-19-17(22)14-6-8-23-11-14/h4-6,8-9,11H,2-3,7,10H2,1H3,(H,19,22)(H,20,21). The van der Waals surface area contributed by atoms with Gasteiger partial charge in [0.15, 0.2) is 0 Å². The normalized spacial score (nSPS) is 10.3. The number of amides is 2. The van der Waals surface area contributed by atoms with Crippen molar-refractivity contribution in [2.75, 3.05) is 6.54 Å². The zero-order chi connectivity index (χ0) is 16.7. The molecule has 6 heteroatoms. The van der Waals surface area contributed by atoms with E-state index in [1.54, 1.807) is 30.5 Å². The fourth-order valence-electron chi connectivity index (χ4n) is 2.05. The van der Waals surface area contributed by atoms with Crippen LogP contribution in [0.3, 0.4) is 0 Å². The molecule has 0 bridgehead atoms. The molecule has 0 atom stereocenters. The zero-order valence-corrected chi connectivity index (χ0v) is 13.7. The van der Waals surface area contributed by atoms with Gasteiger partial charge in [0.05, 0.1) is 0 Å². The minimum atomic E-state index is -0.249. The van der Waals surface area contributed by atoms with Crippen molar-refractivity contribution in [2.45, 2.75) is 26.3 Å². The molecule has 1 aromatic heterocycles. The van der Waals surface area contributed by atoms with Gasteiger partial charge in [0.2, 0.25) is 5.91 Å². The number of carbonyl (C=O) groups excluding carboxylic acids is 2. The Morgan fingerprint density at radius 1 is 1.22 bits per heavy atom. The molecule has 0 unspecified atom stereocenters. The van der Waals surface area contributed by atoms with Crippen molar-refractivity contribution in [3.05, 3.63) is 57.5 Å². The molecule has 122 valence electrons. The van der Waals surface area contributed by atoms with E-state index in [9.17, 15) is 14.0 Å². The first-order valence-corrected chi connectivity index (χ1v) is 8.32. The van der Waals surface area contributed by atoms with Gasteiger partial charge in [-0.05, 0) is 42.0 Å². The summed E-state index contributed by atoms with van der Waals surface area (Å²) in [6.07, 6.45) is 0.911. The van der Waals surface area contributed by atoms with Gasteiger partial charge in [0.25, 0.3) is 5.91 Å². The van der Waals surface area contributed by atoms with Crippen LogP contribution in [0.2, 0.25) is 0 Å². The number of hydrogen-bond donors (Lipinski definition) is 2. The second-order valence-electron chi connectivity index (χ2n) is 5.23. The summed E-state index contributed by atoms with van der Waals surface area (Å²) in [5, 5.41) is 9.19. The van der Waals surface area contributed by atoms with Crippen LogP contribution in [0.25, 0.3) is 0 Å². The molecule has 23 heavy (non-hydrogen) atoms. The topological polar surface area (TPSA) is 58.2 Å². The number of nitrogens with one attached hydrogen (secondary N) is 2. The lowest BCUT2D eigenvalue weighted by Gasteiger charge is -2.07. The van der Waals surface area contributed by atoms with Crippen molar-refractivity contribution in [1.29, 1.82) is 0 Å². The first kappa shape index (κ1) is 17.1. The highest BCUT2D eigenvalue weighted by Crippen LogP contribution is 2.09. The number of aryl methyl sites for hydroxylation is 1. The van der Waals surface area contributed by atoms with Crippen LogP contribution in [0, 0.1) is 12.7 Å². The molecular formula is C17H19FN2O2S. The Labute approximate surface area is 138 Å². The fourth-order valence-corrected chi connectivity index (χ4v) is 2.69. The van der Waals surface area contributed by atoms with Gasteiger partial charge in [-0.1, -0.05) is 12.1 Å². The molecule has 2 N–H and O–H groups in total. The van der Waals surface area contributed by atoms with Crippen LogP contribution in [0.4, 0.5) is 4.39 Å². The van der Waals surface area contributed by atoms with E-state index in [1.165, 1.54) is 17.4 Å². The predicted molar refractivity (Wildman–Crippen MR) is 88.9 cm³/mol. The number of halogens is 1. The molecule has 1 heterocycles. The van der Waals surface area contributed by atoms with E-state index in [0.29, 0.717) is 37.1 Å². The summed E-state index contributed by atoms with van der Waals surface area (Å²) in [5.74, 6) is -0.452. The highest BCUT2D eigenvalue weighted by atomic mass is 32.1. The van der Waals surface area contributed by atoms with Crippen molar-refractivity contribution in [1.82, 2.24) is 10.6 Å². The van der Waals surface area contributed by atoms with Gasteiger partial charge in [0, 0.05) is 30.5 Å². The maximum atomic E-state index is 13.1. The van der Waals surface area contributed by atoms with E-state index in [-0.39, 0.29) is 17.6 Å². The summed E-state index contributed by atoms with van der Waals surface area (Å²) in [4.78, 5) is 23.4. The Bertz CT molecular complexity index is 671. The number of thiophene rings is 1. The van der Waals surface area contributed by atoms with E-state index in [1.807, 2.05) is 5.38 Å². The Morgan fingerprint density at radius 2 is 2.04 bits per heavy atom. The number of rotatable bonds is 7. The summed E-state index contributed by atoms with van der Waals surface area (Å²) in [6.45, 7) is 2.52. The fraction of sp³-hybridized carbons (Fsp3) is 0.294. The monoisotopic (exact) mass is 334 g/mol. The minimum absolute atomic E-state index is 0.0863. The van der Waals surface area contributed by atoms with E-state index in [4.69, 9.17) is 0 Å². The quantitative estimate of drug-likeness (QED) is 0.765. The Kier molecular flexibility index (Phi) is 6.29. The van der Waals surface area contributed by atoms with Crippen molar-refractivity contribution in [3.8, 4) is 0 Å². The highest BCUT2D eigenvalue weighted by molar-refractivity contribution is 7.08. The van der Waals surface area contributed by atoms with Gasteiger partial charge in [-0.3, -0.25) is 9.59 Å². The van der Waals surface area contributed by atoms with Gasteiger partial charge in [-0.25, -0.2) is 4.39 Å².